The molecule has 0 saturated carbocycles. The molecular formula is C21H24N4O7S. The van der Waals surface area contributed by atoms with Gasteiger partial charge in [0.2, 0.25) is 15.9 Å². The standard InChI is InChI=1S/C21H24N4O7S/c1-3-31-18-6-4-5-14-11-19(32-21(14)18)13(2)24-20(26)9-10-23-16-8-7-15(33(22,29)30)12-17(16)25(27)28/h4-8,11-13,23H,3,9-10H2,1-2H3,(H,24,26)(H2,22,29,30). The third-order valence-electron chi connectivity index (χ3n) is 4.79. The van der Waals surface area contributed by atoms with E-state index in [2.05, 4.69) is 10.6 Å². The molecule has 0 fully saturated rings. The molecule has 1 heterocycles. The van der Waals surface area contributed by atoms with Gasteiger partial charge in [0.15, 0.2) is 11.3 Å². The second-order valence-electron chi connectivity index (χ2n) is 7.20. The van der Waals surface area contributed by atoms with Gasteiger partial charge >= 0.3 is 0 Å². The summed E-state index contributed by atoms with van der Waals surface area (Å²) in [5.74, 6) is 0.885. The van der Waals surface area contributed by atoms with Crippen LogP contribution in [0.15, 0.2) is 51.8 Å². The van der Waals surface area contributed by atoms with E-state index in [9.17, 15) is 23.3 Å². The Hall–Kier alpha value is -3.64. The van der Waals surface area contributed by atoms with Gasteiger partial charge in [-0.25, -0.2) is 13.6 Å². The van der Waals surface area contributed by atoms with Gasteiger partial charge in [-0.2, -0.15) is 0 Å². The van der Waals surface area contributed by atoms with E-state index in [-0.39, 0.29) is 29.5 Å². The Balaban J connectivity index is 1.61. The number of amides is 1. The number of hydrogen-bond donors (Lipinski definition) is 3. The number of hydrogen-bond acceptors (Lipinski definition) is 8. The predicted octanol–water partition coefficient (Wildman–Crippen LogP) is 3.07. The van der Waals surface area contributed by atoms with Crippen molar-refractivity contribution in [3.63, 3.8) is 0 Å². The molecule has 3 aromatic rings. The minimum Gasteiger partial charge on any atom is -0.490 e. The van der Waals surface area contributed by atoms with Gasteiger partial charge < -0.3 is 19.8 Å². The SMILES string of the molecule is CCOc1cccc2cc(C(C)NC(=O)CCNc3ccc(S(N)(=O)=O)cc3[N+](=O)[O-])oc12. The summed E-state index contributed by atoms with van der Waals surface area (Å²) >= 11 is 0. The monoisotopic (exact) mass is 476 g/mol. The van der Waals surface area contributed by atoms with E-state index in [0.717, 1.165) is 17.5 Å². The first-order valence-corrected chi connectivity index (χ1v) is 11.6. The summed E-state index contributed by atoms with van der Waals surface area (Å²) in [6, 6.07) is 10.2. The van der Waals surface area contributed by atoms with Crippen LogP contribution in [0.5, 0.6) is 5.75 Å². The van der Waals surface area contributed by atoms with E-state index in [1.165, 1.54) is 6.07 Å². The molecule has 0 bridgehead atoms. The van der Waals surface area contributed by atoms with Gasteiger partial charge in [-0.05, 0) is 38.1 Å². The first-order valence-electron chi connectivity index (χ1n) is 10.1. The maximum Gasteiger partial charge on any atom is 0.293 e. The predicted molar refractivity (Wildman–Crippen MR) is 122 cm³/mol. The summed E-state index contributed by atoms with van der Waals surface area (Å²) in [5.41, 5.74) is 0.226. The fourth-order valence-corrected chi connectivity index (χ4v) is 3.76. The van der Waals surface area contributed by atoms with Crippen LogP contribution in [0, 0.1) is 10.1 Å². The molecule has 176 valence electrons. The Bertz CT molecular complexity index is 1290. The summed E-state index contributed by atoms with van der Waals surface area (Å²) < 4.78 is 34.3. The van der Waals surface area contributed by atoms with Crippen LogP contribution in [-0.4, -0.2) is 32.4 Å². The van der Waals surface area contributed by atoms with Crippen molar-refractivity contribution in [2.24, 2.45) is 5.14 Å². The molecule has 0 aliphatic heterocycles. The number of carbonyl (C=O) groups excluding carboxylic acids is 1. The highest BCUT2D eigenvalue weighted by atomic mass is 32.2. The molecule has 3 rings (SSSR count). The molecule has 0 saturated heterocycles. The third kappa shape index (κ3) is 5.79. The smallest absolute Gasteiger partial charge is 0.293 e. The molecule has 1 atom stereocenters. The van der Waals surface area contributed by atoms with Crippen LogP contribution in [0.1, 0.15) is 32.1 Å². The lowest BCUT2D eigenvalue weighted by Gasteiger charge is -2.12. The maximum absolute atomic E-state index is 12.4. The van der Waals surface area contributed by atoms with Gasteiger partial charge in [-0.1, -0.05) is 12.1 Å². The van der Waals surface area contributed by atoms with Crippen molar-refractivity contribution in [3.05, 3.63) is 58.3 Å². The second kappa shape index (κ2) is 9.88. The number of nitrogens with zero attached hydrogens (tertiary/aromatic N) is 1. The average molecular weight is 477 g/mol. The van der Waals surface area contributed by atoms with Gasteiger partial charge in [-0.3, -0.25) is 14.9 Å². The fourth-order valence-electron chi connectivity index (χ4n) is 3.22. The van der Waals surface area contributed by atoms with E-state index in [0.29, 0.717) is 23.7 Å². The highest BCUT2D eigenvalue weighted by Gasteiger charge is 2.20. The topological polar surface area (TPSA) is 167 Å². The second-order valence-corrected chi connectivity index (χ2v) is 8.76. The van der Waals surface area contributed by atoms with Crippen molar-refractivity contribution in [1.82, 2.24) is 5.32 Å². The van der Waals surface area contributed by atoms with Crippen molar-refractivity contribution in [1.29, 1.82) is 0 Å². The normalized spacial score (nSPS) is 12.3. The Labute approximate surface area is 190 Å². The van der Waals surface area contributed by atoms with E-state index < -0.39 is 26.7 Å². The lowest BCUT2D eigenvalue weighted by Crippen LogP contribution is -2.28. The molecule has 0 aliphatic rings. The van der Waals surface area contributed by atoms with E-state index >= 15 is 0 Å². The molecule has 1 amide bonds. The average Bonchev–Trinajstić information content (AvgIpc) is 3.19. The number of rotatable bonds is 10. The lowest BCUT2D eigenvalue weighted by molar-refractivity contribution is -0.384. The number of para-hydroxylation sites is 1. The Morgan fingerprint density at radius 1 is 1.27 bits per heavy atom. The van der Waals surface area contributed by atoms with Crippen LogP contribution >= 0.6 is 0 Å². The molecule has 0 spiro atoms. The molecule has 1 aromatic heterocycles. The van der Waals surface area contributed by atoms with Crippen LogP contribution in [0.2, 0.25) is 0 Å². The molecule has 0 radical (unpaired) electrons. The Morgan fingerprint density at radius 2 is 2.03 bits per heavy atom. The third-order valence-corrected chi connectivity index (χ3v) is 5.70. The summed E-state index contributed by atoms with van der Waals surface area (Å²) in [7, 11) is -4.08. The number of anilines is 1. The summed E-state index contributed by atoms with van der Waals surface area (Å²) in [6.07, 6.45) is 0.0167. The highest BCUT2D eigenvalue weighted by Crippen LogP contribution is 2.31. The molecule has 1 unspecified atom stereocenters. The van der Waals surface area contributed by atoms with Crippen molar-refractivity contribution >= 4 is 38.3 Å². The van der Waals surface area contributed by atoms with Gasteiger partial charge in [-0.15, -0.1) is 0 Å². The number of nitro groups is 1. The molecule has 2 aromatic carbocycles. The van der Waals surface area contributed by atoms with Gasteiger partial charge in [0.25, 0.3) is 5.69 Å². The minimum atomic E-state index is -4.08. The number of primary sulfonamides is 1. The molecular weight excluding hydrogens is 452 g/mol. The number of ether oxygens (including phenoxy) is 1. The first-order chi connectivity index (χ1) is 15.6. The minimum absolute atomic E-state index is 0.0167. The van der Waals surface area contributed by atoms with Crippen LogP contribution in [0.4, 0.5) is 11.4 Å². The number of carbonyl (C=O) groups is 1. The zero-order valence-electron chi connectivity index (χ0n) is 18.0. The lowest BCUT2D eigenvalue weighted by atomic mass is 10.2. The largest absolute Gasteiger partial charge is 0.490 e. The zero-order valence-corrected chi connectivity index (χ0v) is 18.8. The van der Waals surface area contributed by atoms with Gasteiger partial charge in [0.05, 0.1) is 22.5 Å². The van der Waals surface area contributed by atoms with Crippen molar-refractivity contribution in [2.45, 2.75) is 31.2 Å². The number of furan rings is 1. The molecule has 4 N–H and O–H groups in total. The number of sulfonamides is 1. The maximum atomic E-state index is 12.4. The Morgan fingerprint density at radius 3 is 2.70 bits per heavy atom. The number of fused-ring (bicyclic) bond motifs is 1. The molecule has 0 aliphatic carbocycles. The number of nitrogens with one attached hydrogen (secondary N) is 2. The van der Waals surface area contributed by atoms with Gasteiger partial charge in [0.1, 0.15) is 11.4 Å². The summed E-state index contributed by atoms with van der Waals surface area (Å²) in [4.78, 5) is 22.5. The van der Waals surface area contributed by atoms with Gasteiger partial charge in [0, 0.05) is 24.4 Å². The first kappa shape index (κ1) is 24.0. The fraction of sp³-hybridized carbons (Fsp3) is 0.286. The van der Waals surface area contributed by atoms with Crippen molar-refractivity contribution in [2.75, 3.05) is 18.5 Å². The highest BCUT2D eigenvalue weighted by molar-refractivity contribution is 7.89. The Kier molecular flexibility index (Phi) is 7.19. The van der Waals surface area contributed by atoms with Crippen LogP contribution in [-0.2, 0) is 14.8 Å². The molecule has 11 nitrogen and oxygen atoms in total. The van der Waals surface area contributed by atoms with Crippen molar-refractivity contribution in [3.8, 4) is 5.75 Å². The van der Waals surface area contributed by atoms with E-state index in [1.807, 2.05) is 31.2 Å². The molecule has 33 heavy (non-hydrogen) atoms. The summed E-state index contributed by atoms with van der Waals surface area (Å²) in [5, 5.41) is 22.7. The number of benzene rings is 2. The van der Waals surface area contributed by atoms with E-state index in [4.69, 9.17) is 14.3 Å². The van der Waals surface area contributed by atoms with Crippen LogP contribution in [0.25, 0.3) is 11.0 Å². The zero-order chi connectivity index (χ0) is 24.2. The number of nitro benzene ring substituents is 1. The quantitative estimate of drug-likeness (QED) is 0.296. The molecule has 12 heteroatoms. The van der Waals surface area contributed by atoms with Crippen LogP contribution < -0.4 is 20.5 Å². The van der Waals surface area contributed by atoms with Crippen molar-refractivity contribution < 1.29 is 27.3 Å². The number of nitrogens with two attached hydrogens (primary N) is 1. The van der Waals surface area contributed by atoms with E-state index in [1.54, 1.807) is 6.92 Å². The van der Waals surface area contributed by atoms with Crippen LogP contribution in [0.3, 0.4) is 0 Å². The summed E-state index contributed by atoms with van der Waals surface area (Å²) in [6.45, 7) is 4.24.